The lowest BCUT2D eigenvalue weighted by Gasteiger charge is -2.07. The summed E-state index contributed by atoms with van der Waals surface area (Å²) in [5.41, 5.74) is 1.35. The van der Waals surface area contributed by atoms with E-state index in [0.717, 1.165) is 0 Å². The summed E-state index contributed by atoms with van der Waals surface area (Å²) in [6, 6.07) is 8.71. The highest BCUT2D eigenvalue weighted by atomic mass is 32.1. The van der Waals surface area contributed by atoms with Gasteiger partial charge in [-0.3, -0.25) is 9.59 Å². The van der Waals surface area contributed by atoms with E-state index in [1.165, 1.54) is 11.3 Å². The molecule has 0 atom stereocenters. The summed E-state index contributed by atoms with van der Waals surface area (Å²) in [7, 11) is 3.77. The Morgan fingerprint density at radius 2 is 2.19 bits per heavy atom. The van der Waals surface area contributed by atoms with Gasteiger partial charge in [0.1, 0.15) is 10.7 Å². The van der Waals surface area contributed by atoms with Crippen molar-refractivity contribution in [1.29, 1.82) is 5.26 Å². The number of carbonyl (C=O) groups excluding carboxylic acids is 1. The number of hydrogen-bond donors (Lipinski definition) is 2. The van der Waals surface area contributed by atoms with Crippen LogP contribution in [0.4, 0.5) is 5.69 Å². The van der Waals surface area contributed by atoms with Crippen LogP contribution in [0.25, 0.3) is 10.2 Å². The fraction of sp³-hybridized carbons (Fsp3) is 0.222. The van der Waals surface area contributed by atoms with Crippen LogP contribution in [-0.2, 0) is 6.54 Å². The van der Waals surface area contributed by atoms with E-state index in [0.29, 0.717) is 44.3 Å². The number of nitriles is 1. The molecule has 132 valence electrons. The Hall–Kier alpha value is -3.02. The molecule has 0 saturated carbocycles. The van der Waals surface area contributed by atoms with Crippen molar-refractivity contribution in [2.24, 2.45) is 0 Å². The van der Waals surface area contributed by atoms with Gasteiger partial charge in [-0.15, -0.1) is 11.3 Å². The van der Waals surface area contributed by atoms with Crippen LogP contribution in [0.3, 0.4) is 0 Å². The first-order chi connectivity index (χ1) is 12.4. The van der Waals surface area contributed by atoms with Crippen LogP contribution in [-0.4, -0.2) is 34.9 Å². The zero-order valence-corrected chi connectivity index (χ0v) is 15.4. The van der Waals surface area contributed by atoms with E-state index in [2.05, 4.69) is 15.3 Å². The maximum absolute atomic E-state index is 12.6. The second-order valence-electron chi connectivity index (χ2n) is 6.13. The number of aromatic amines is 1. The Morgan fingerprint density at radius 1 is 1.42 bits per heavy atom. The first kappa shape index (κ1) is 17.8. The molecule has 2 N–H and O–H groups in total. The molecule has 0 aliphatic carbocycles. The average Bonchev–Trinajstić information content (AvgIpc) is 2.91. The number of rotatable bonds is 4. The molecule has 2 aromatic heterocycles. The number of H-pyrrole nitrogens is 1. The molecule has 3 rings (SSSR count). The molecule has 26 heavy (non-hydrogen) atoms. The van der Waals surface area contributed by atoms with Crippen molar-refractivity contribution in [3.63, 3.8) is 0 Å². The standard InChI is InChI=1S/C18H17N5O2S/c1-10-14-16(24)21-13(9-23(2)3)22-18(14)26-15(10)17(25)20-12-6-4-5-11(7-12)8-19/h4-7H,9H2,1-3H3,(H,20,25)(H,21,22,24). The van der Waals surface area contributed by atoms with Crippen molar-refractivity contribution < 1.29 is 4.79 Å². The number of nitrogens with zero attached hydrogens (tertiary/aromatic N) is 3. The van der Waals surface area contributed by atoms with E-state index in [4.69, 9.17) is 5.26 Å². The molecule has 7 nitrogen and oxygen atoms in total. The van der Waals surface area contributed by atoms with E-state index in [-0.39, 0.29) is 11.5 Å². The fourth-order valence-corrected chi connectivity index (χ4v) is 3.73. The van der Waals surface area contributed by atoms with Gasteiger partial charge in [-0.25, -0.2) is 4.98 Å². The van der Waals surface area contributed by atoms with Crippen LogP contribution in [0.5, 0.6) is 0 Å². The number of amides is 1. The SMILES string of the molecule is Cc1c(C(=O)Nc2cccc(C#N)c2)sc2nc(CN(C)C)[nH]c(=O)c12. The van der Waals surface area contributed by atoms with Gasteiger partial charge < -0.3 is 15.2 Å². The molecule has 0 radical (unpaired) electrons. The minimum atomic E-state index is -0.325. The minimum absolute atomic E-state index is 0.244. The summed E-state index contributed by atoms with van der Waals surface area (Å²) in [6.07, 6.45) is 0. The lowest BCUT2D eigenvalue weighted by molar-refractivity contribution is 0.103. The van der Waals surface area contributed by atoms with Crippen molar-refractivity contribution in [1.82, 2.24) is 14.9 Å². The van der Waals surface area contributed by atoms with Gasteiger partial charge in [0.2, 0.25) is 0 Å². The normalized spacial score (nSPS) is 10.9. The topological polar surface area (TPSA) is 102 Å². The van der Waals surface area contributed by atoms with Gasteiger partial charge in [0.05, 0.1) is 28.4 Å². The molecule has 2 heterocycles. The van der Waals surface area contributed by atoms with Crippen LogP contribution < -0.4 is 10.9 Å². The number of anilines is 1. The van der Waals surface area contributed by atoms with Crippen molar-refractivity contribution >= 4 is 33.1 Å². The van der Waals surface area contributed by atoms with Gasteiger partial charge in [0, 0.05) is 5.69 Å². The Balaban J connectivity index is 1.98. The van der Waals surface area contributed by atoms with Gasteiger partial charge >= 0.3 is 0 Å². The maximum atomic E-state index is 12.6. The lowest BCUT2D eigenvalue weighted by atomic mass is 10.2. The van der Waals surface area contributed by atoms with E-state index in [9.17, 15) is 9.59 Å². The van der Waals surface area contributed by atoms with E-state index < -0.39 is 0 Å². The number of carbonyl (C=O) groups is 1. The predicted octanol–water partition coefficient (Wildman–Crippen LogP) is 2.48. The summed E-state index contributed by atoms with van der Waals surface area (Å²) in [5, 5.41) is 12.2. The molecular weight excluding hydrogens is 350 g/mol. The van der Waals surface area contributed by atoms with Gasteiger partial charge in [-0.2, -0.15) is 5.26 Å². The molecule has 1 amide bonds. The molecule has 0 aliphatic rings. The van der Waals surface area contributed by atoms with Crippen LogP contribution in [0.2, 0.25) is 0 Å². The molecule has 3 aromatic rings. The van der Waals surface area contributed by atoms with Gasteiger partial charge in [-0.05, 0) is 44.8 Å². The third-order valence-electron chi connectivity index (χ3n) is 3.77. The third-order valence-corrected chi connectivity index (χ3v) is 4.96. The van der Waals surface area contributed by atoms with Crippen molar-refractivity contribution in [3.05, 3.63) is 56.4 Å². The number of hydrogen-bond acceptors (Lipinski definition) is 6. The number of aromatic nitrogens is 2. The Labute approximate surface area is 153 Å². The number of benzene rings is 1. The van der Waals surface area contributed by atoms with Crippen LogP contribution in [0.15, 0.2) is 29.1 Å². The quantitative estimate of drug-likeness (QED) is 0.737. The van der Waals surface area contributed by atoms with Crippen LogP contribution in [0.1, 0.15) is 26.6 Å². The fourth-order valence-electron chi connectivity index (χ4n) is 2.63. The highest BCUT2D eigenvalue weighted by molar-refractivity contribution is 7.20. The molecule has 1 aromatic carbocycles. The van der Waals surface area contributed by atoms with Crippen molar-refractivity contribution in [3.8, 4) is 6.07 Å². The first-order valence-corrected chi connectivity index (χ1v) is 8.69. The zero-order valence-electron chi connectivity index (χ0n) is 14.6. The number of thiophene rings is 1. The highest BCUT2D eigenvalue weighted by Crippen LogP contribution is 2.28. The molecule has 0 spiro atoms. The van der Waals surface area contributed by atoms with E-state index in [1.807, 2.05) is 25.1 Å². The van der Waals surface area contributed by atoms with Crippen LogP contribution in [0, 0.1) is 18.3 Å². The smallest absolute Gasteiger partial charge is 0.266 e. The number of nitrogens with one attached hydrogen (secondary N) is 2. The molecule has 0 bridgehead atoms. The molecule has 0 unspecified atom stereocenters. The second kappa shape index (κ2) is 7.07. The summed E-state index contributed by atoms with van der Waals surface area (Å²) in [6.45, 7) is 2.24. The predicted molar refractivity (Wildman–Crippen MR) is 101 cm³/mol. The summed E-state index contributed by atoms with van der Waals surface area (Å²) < 4.78 is 0. The molecule has 0 aliphatic heterocycles. The zero-order chi connectivity index (χ0) is 18.8. The average molecular weight is 367 g/mol. The Kier molecular flexibility index (Phi) is 4.84. The highest BCUT2D eigenvalue weighted by Gasteiger charge is 2.19. The molecule has 0 fully saturated rings. The van der Waals surface area contributed by atoms with Crippen molar-refractivity contribution in [2.45, 2.75) is 13.5 Å². The van der Waals surface area contributed by atoms with E-state index >= 15 is 0 Å². The van der Waals surface area contributed by atoms with E-state index in [1.54, 1.807) is 31.2 Å². The second-order valence-corrected chi connectivity index (χ2v) is 7.13. The monoisotopic (exact) mass is 367 g/mol. The van der Waals surface area contributed by atoms with Gasteiger partial charge in [0.15, 0.2) is 0 Å². The third kappa shape index (κ3) is 3.49. The molecule has 0 saturated heterocycles. The first-order valence-electron chi connectivity index (χ1n) is 7.87. The van der Waals surface area contributed by atoms with Gasteiger partial charge in [-0.1, -0.05) is 6.07 Å². The Bertz CT molecular complexity index is 1090. The number of fused-ring (bicyclic) bond motifs is 1. The van der Waals surface area contributed by atoms with Gasteiger partial charge in [0.25, 0.3) is 11.5 Å². The van der Waals surface area contributed by atoms with Crippen molar-refractivity contribution in [2.75, 3.05) is 19.4 Å². The maximum Gasteiger partial charge on any atom is 0.266 e. The Morgan fingerprint density at radius 3 is 2.88 bits per heavy atom. The largest absolute Gasteiger partial charge is 0.321 e. The lowest BCUT2D eigenvalue weighted by Crippen LogP contribution is -2.18. The summed E-state index contributed by atoms with van der Waals surface area (Å²) in [4.78, 5) is 35.2. The molecule has 8 heteroatoms. The van der Waals surface area contributed by atoms with Crippen LogP contribution >= 0.6 is 11.3 Å². The summed E-state index contributed by atoms with van der Waals surface area (Å²) >= 11 is 1.19. The minimum Gasteiger partial charge on any atom is -0.321 e. The number of aryl methyl sites for hydroxylation is 1. The molecular formula is C18H17N5O2S. The summed E-state index contributed by atoms with van der Waals surface area (Å²) in [5.74, 6) is 0.233.